The predicted molar refractivity (Wildman–Crippen MR) is 98.5 cm³/mol. The second-order valence-electron chi connectivity index (χ2n) is 7.48. The first-order valence-corrected chi connectivity index (χ1v) is 9.60. The fourth-order valence-corrected chi connectivity index (χ4v) is 3.98. The third-order valence-corrected chi connectivity index (χ3v) is 5.80. The highest BCUT2D eigenvalue weighted by Gasteiger charge is 2.57. The third kappa shape index (κ3) is 3.51. The molecule has 1 aromatic carbocycles. The lowest BCUT2D eigenvalue weighted by Gasteiger charge is -2.23. The van der Waals surface area contributed by atoms with Crippen molar-refractivity contribution in [2.75, 3.05) is 19.6 Å². The van der Waals surface area contributed by atoms with Crippen LogP contribution >= 0.6 is 0 Å². The van der Waals surface area contributed by atoms with Crippen molar-refractivity contribution in [2.24, 2.45) is 11.3 Å². The molecular formula is C20H26N4O2. The van der Waals surface area contributed by atoms with E-state index in [0.29, 0.717) is 17.9 Å². The van der Waals surface area contributed by atoms with Gasteiger partial charge in [0.25, 0.3) is 5.89 Å². The Morgan fingerprint density at radius 2 is 2.08 bits per heavy atom. The molecule has 0 radical (unpaired) electrons. The molecule has 1 atom stereocenters. The van der Waals surface area contributed by atoms with Crippen molar-refractivity contribution in [1.29, 1.82) is 0 Å². The van der Waals surface area contributed by atoms with Gasteiger partial charge in [-0.05, 0) is 61.9 Å². The van der Waals surface area contributed by atoms with E-state index in [1.165, 1.54) is 5.56 Å². The van der Waals surface area contributed by atoms with E-state index in [2.05, 4.69) is 32.9 Å². The topological polar surface area (TPSA) is 80.0 Å². The molecule has 6 nitrogen and oxygen atoms in total. The number of hydrogen-bond acceptors (Lipinski definition) is 5. The quantitative estimate of drug-likeness (QED) is 0.832. The van der Waals surface area contributed by atoms with Gasteiger partial charge in [0.1, 0.15) is 0 Å². The summed E-state index contributed by atoms with van der Waals surface area (Å²) in [7, 11) is 0. The summed E-state index contributed by atoms with van der Waals surface area (Å²) in [5.74, 6) is 1.75. The van der Waals surface area contributed by atoms with Crippen LogP contribution in [0.2, 0.25) is 0 Å². The standard InChI is InChI=1S/C20H26N4O2/c1-2-17-23-19(26-24-17)15-5-3-14(4-6-15)7-10-22-18(25)16-13-20(16)8-11-21-12-9-20/h3-6,16,21H,2,7-13H2,1H3,(H,22,25). The summed E-state index contributed by atoms with van der Waals surface area (Å²) in [6, 6.07) is 8.11. The van der Waals surface area contributed by atoms with E-state index in [9.17, 15) is 4.79 Å². The van der Waals surface area contributed by atoms with E-state index < -0.39 is 0 Å². The number of benzene rings is 1. The summed E-state index contributed by atoms with van der Waals surface area (Å²) < 4.78 is 5.26. The van der Waals surface area contributed by atoms with Crippen LogP contribution in [0, 0.1) is 11.3 Å². The maximum absolute atomic E-state index is 12.4. The first-order valence-electron chi connectivity index (χ1n) is 9.60. The Morgan fingerprint density at radius 1 is 1.31 bits per heavy atom. The molecular weight excluding hydrogens is 328 g/mol. The smallest absolute Gasteiger partial charge is 0.257 e. The Balaban J connectivity index is 1.25. The Bertz CT molecular complexity index is 762. The van der Waals surface area contributed by atoms with Gasteiger partial charge in [-0.15, -0.1) is 0 Å². The monoisotopic (exact) mass is 354 g/mol. The molecule has 2 aromatic rings. The van der Waals surface area contributed by atoms with Gasteiger partial charge in [0.2, 0.25) is 5.91 Å². The van der Waals surface area contributed by atoms with E-state index in [4.69, 9.17) is 4.52 Å². The molecule has 2 aliphatic rings. The Morgan fingerprint density at radius 3 is 2.77 bits per heavy atom. The molecule has 1 aromatic heterocycles. The molecule has 0 bridgehead atoms. The second-order valence-corrected chi connectivity index (χ2v) is 7.48. The highest BCUT2D eigenvalue weighted by Crippen LogP contribution is 2.58. The molecule has 1 amide bonds. The summed E-state index contributed by atoms with van der Waals surface area (Å²) in [6.45, 7) is 4.79. The van der Waals surface area contributed by atoms with E-state index in [1.54, 1.807) is 0 Å². The summed E-state index contributed by atoms with van der Waals surface area (Å²) in [5, 5.41) is 10.4. The minimum atomic E-state index is 0.234. The molecule has 26 heavy (non-hydrogen) atoms. The molecule has 2 N–H and O–H groups in total. The van der Waals surface area contributed by atoms with Gasteiger partial charge in [-0.3, -0.25) is 4.79 Å². The van der Waals surface area contributed by atoms with Crippen LogP contribution in [0.1, 0.15) is 37.6 Å². The van der Waals surface area contributed by atoms with Crippen molar-refractivity contribution in [3.63, 3.8) is 0 Å². The molecule has 1 saturated carbocycles. The molecule has 1 unspecified atom stereocenters. The summed E-state index contributed by atoms with van der Waals surface area (Å²) in [5.41, 5.74) is 2.42. The third-order valence-electron chi connectivity index (χ3n) is 5.80. The van der Waals surface area contributed by atoms with Crippen LogP contribution in [0.5, 0.6) is 0 Å². The fourth-order valence-electron chi connectivity index (χ4n) is 3.98. The summed E-state index contributed by atoms with van der Waals surface area (Å²) >= 11 is 0. The Labute approximate surface area is 153 Å². The highest BCUT2D eigenvalue weighted by molar-refractivity contribution is 5.82. The molecule has 1 saturated heterocycles. The molecule has 6 heteroatoms. The Kier molecular flexibility index (Phi) is 4.76. The van der Waals surface area contributed by atoms with Crippen LogP contribution in [0.4, 0.5) is 0 Å². The molecule has 1 aliphatic carbocycles. The van der Waals surface area contributed by atoms with Crippen LogP contribution in [0.25, 0.3) is 11.5 Å². The van der Waals surface area contributed by atoms with Crippen molar-refractivity contribution >= 4 is 5.91 Å². The van der Waals surface area contributed by atoms with Gasteiger partial charge in [-0.2, -0.15) is 4.98 Å². The number of rotatable bonds is 6. The van der Waals surface area contributed by atoms with Gasteiger partial charge in [-0.25, -0.2) is 0 Å². The minimum Gasteiger partial charge on any atom is -0.356 e. The number of aryl methyl sites for hydroxylation is 1. The van der Waals surface area contributed by atoms with E-state index in [1.807, 2.05) is 19.1 Å². The lowest BCUT2D eigenvalue weighted by molar-refractivity contribution is -0.123. The van der Waals surface area contributed by atoms with E-state index >= 15 is 0 Å². The zero-order chi connectivity index (χ0) is 18.0. The van der Waals surface area contributed by atoms with E-state index in [-0.39, 0.29) is 11.8 Å². The van der Waals surface area contributed by atoms with Gasteiger partial charge >= 0.3 is 0 Å². The number of hydrogen-bond donors (Lipinski definition) is 2. The largest absolute Gasteiger partial charge is 0.356 e. The number of piperidine rings is 1. The number of nitrogens with one attached hydrogen (secondary N) is 2. The molecule has 1 spiro atoms. The fraction of sp³-hybridized carbons (Fsp3) is 0.550. The second kappa shape index (κ2) is 7.19. The number of carbonyl (C=O) groups is 1. The van der Waals surface area contributed by atoms with Crippen molar-refractivity contribution < 1.29 is 9.32 Å². The van der Waals surface area contributed by atoms with Crippen molar-refractivity contribution in [1.82, 2.24) is 20.8 Å². The Hall–Kier alpha value is -2.21. The number of nitrogens with zero attached hydrogens (tertiary/aromatic N) is 2. The van der Waals surface area contributed by atoms with Crippen molar-refractivity contribution in [3.8, 4) is 11.5 Å². The first kappa shape index (κ1) is 17.2. The first-order chi connectivity index (χ1) is 12.7. The zero-order valence-corrected chi connectivity index (χ0v) is 15.3. The van der Waals surface area contributed by atoms with Crippen LogP contribution < -0.4 is 10.6 Å². The number of amides is 1. The average Bonchev–Trinajstić information content (AvgIpc) is 3.15. The molecule has 138 valence electrons. The number of aromatic nitrogens is 2. The molecule has 1 aliphatic heterocycles. The van der Waals surface area contributed by atoms with Crippen LogP contribution in [0.15, 0.2) is 28.8 Å². The molecule has 2 heterocycles. The zero-order valence-electron chi connectivity index (χ0n) is 15.3. The number of carbonyl (C=O) groups excluding carboxylic acids is 1. The van der Waals surface area contributed by atoms with Crippen LogP contribution in [-0.4, -0.2) is 35.7 Å². The van der Waals surface area contributed by atoms with Gasteiger partial charge < -0.3 is 15.2 Å². The van der Waals surface area contributed by atoms with Crippen LogP contribution in [-0.2, 0) is 17.6 Å². The maximum atomic E-state index is 12.4. The van der Waals surface area contributed by atoms with Crippen molar-refractivity contribution in [3.05, 3.63) is 35.7 Å². The lowest BCUT2D eigenvalue weighted by Crippen LogP contribution is -2.34. The maximum Gasteiger partial charge on any atom is 0.257 e. The molecule has 4 rings (SSSR count). The van der Waals surface area contributed by atoms with Crippen LogP contribution in [0.3, 0.4) is 0 Å². The van der Waals surface area contributed by atoms with Gasteiger partial charge in [0.15, 0.2) is 5.82 Å². The average molecular weight is 354 g/mol. The van der Waals surface area contributed by atoms with Gasteiger partial charge in [-0.1, -0.05) is 24.2 Å². The normalized spacial score (nSPS) is 20.9. The SMILES string of the molecule is CCc1noc(-c2ccc(CCNC(=O)C3CC34CCNCC4)cc2)n1. The van der Waals surface area contributed by atoms with Gasteiger partial charge in [0.05, 0.1) is 0 Å². The predicted octanol–water partition coefficient (Wildman–Crippen LogP) is 2.35. The lowest BCUT2D eigenvalue weighted by atomic mass is 9.92. The summed E-state index contributed by atoms with van der Waals surface area (Å²) in [6.07, 6.45) is 4.94. The van der Waals surface area contributed by atoms with E-state index in [0.717, 1.165) is 56.6 Å². The summed E-state index contributed by atoms with van der Waals surface area (Å²) in [4.78, 5) is 16.7. The minimum absolute atomic E-state index is 0.234. The highest BCUT2D eigenvalue weighted by atomic mass is 16.5. The van der Waals surface area contributed by atoms with Gasteiger partial charge in [0, 0.05) is 24.4 Å². The molecule has 2 fully saturated rings. The van der Waals surface area contributed by atoms with Crippen molar-refractivity contribution in [2.45, 2.75) is 39.0 Å².